The summed E-state index contributed by atoms with van der Waals surface area (Å²) in [5.74, 6) is 0.645. The fraction of sp³-hybridized carbons (Fsp3) is 0.222. The van der Waals surface area contributed by atoms with Crippen molar-refractivity contribution in [1.82, 2.24) is 5.32 Å². The van der Waals surface area contributed by atoms with Gasteiger partial charge >= 0.3 is 0 Å². The zero-order chi connectivity index (χ0) is 17.1. The first kappa shape index (κ1) is 18.4. The molecule has 23 heavy (non-hydrogen) atoms. The molecule has 0 heterocycles. The Labute approximate surface area is 136 Å². The van der Waals surface area contributed by atoms with Gasteiger partial charge in [0.15, 0.2) is 0 Å². The molecular formula is C18H22N2O3. The van der Waals surface area contributed by atoms with Crippen molar-refractivity contribution in [3.8, 4) is 5.75 Å². The Morgan fingerprint density at radius 2 is 1.74 bits per heavy atom. The molecule has 0 saturated carbocycles. The van der Waals surface area contributed by atoms with Gasteiger partial charge in [-0.1, -0.05) is 29.8 Å². The summed E-state index contributed by atoms with van der Waals surface area (Å²) in [6.07, 6.45) is 0.805. The molecule has 0 radical (unpaired) electrons. The van der Waals surface area contributed by atoms with Crippen molar-refractivity contribution >= 4 is 12.2 Å². The zero-order valence-electron chi connectivity index (χ0n) is 13.4. The van der Waals surface area contributed by atoms with E-state index in [-0.39, 0.29) is 12.5 Å². The summed E-state index contributed by atoms with van der Waals surface area (Å²) in [6.45, 7) is 2.63. The lowest BCUT2D eigenvalue weighted by Crippen LogP contribution is -2.29. The molecule has 0 spiro atoms. The van der Waals surface area contributed by atoms with Crippen LogP contribution in [0.25, 0.3) is 0 Å². The fourth-order valence-corrected chi connectivity index (χ4v) is 1.66. The second-order valence-electron chi connectivity index (χ2n) is 4.86. The van der Waals surface area contributed by atoms with Crippen molar-refractivity contribution in [2.45, 2.75) is 13.5 Å². The van der Waals surface area contributed by atoms with Gasteiger partial charge in [-0.25, -0.2) is 0 Å². The highest BCUT2D eigenvalue weighted by molar-refractivity contribution is 5.77. The Bertz CT molecular complexity index is 607. The maximum Gasteiger partial charge on any atom is 0.234 e. The Balaban J connectivity index is 0.000000238. The molecule has 2 aromatic carbocycles. The van der Waals surface area contributed by atoms with E-state index in [1.165, 1.54) is 5.56 Å². The van der Waals surface area contributed by atoms with E-state index in [0.29, 0.717) is 12.1 Å². The number of rotatable bonds is 5. The van der Waals surface area contributed by atoms with E-state index < -0.39 is 0 Å². The third-order valence-electron chi connectivity index (χ3n) is 3.05. The van der Waals surface area contributed by atoms with Gasteiger partial charge in [0.25, 0.3) is 0 Å². The molecule has 0 aliphatic carbocycles. The van der Waals surface area contributed by atoms with Crippen molar-refractivity contribution in [3.05, 3.63) is 65.2 Å². The standard InChI is InChI=1S/C10H14N2O.C8H8O2/c1-8-2-4-9(5-3-8)7-12-10(13)6-11;1-10-8-4-2-7(6-9)3-5-8/h2-5H,6-7,11H2,1H3,(H,12,13);2-6H,1H3. The van der Waals surface area contributed by atoms with E-state index in [1.54, 1.807) is 31.4 Å². The van der Waals surface area contributed by atoms with E-state index >= 15 is 0 Å². The van der Waals surface area contributed by atoms with Gasteiger partial charge in [-0.2, -0.15) is 0 Å². The van der Waals surface area contributed by atoms with Gasteiger partial charge in [0.1, 0.15) is 12.0 Å². The average Bonchev–Trinajstić information content (AvgIpc) is 2.61. The van der Waals surface area contributed by atoms with Crippen LogP contribution in [0.2, 0.25) is 0 Å². The number of nitrogens with two attached hydrogens (primary N) is 1. The highest BCUT2D eigenvalue weighted by atomic mass is 16.5. The molecule has 0 aromatic heterocycles. The SMILES string of the molecule is COc1ccc(C=O)cc1.Cc1ccc(CNC(=O)CN)cc1. The Morgan fingerprint density at radius 3 is 2.22 bits per heavy atom. The van der Waals surface area contributed by atoms with Crippen LogP contribution in [0.3, 0.4) is 0 Å². The van der Waals surface area contributed by atoms with E-state index in [2.05, 4.69) is 5.32 Å². The van der Waals surface area contributed by atoms with Crippen LogP contribution in [-0.4, -0.2) is 25.8 Å². The molecular weight excluding hydrogens is 292 g/mol. The van der Waals surface area contributed by atoms with Crippen LogP contribution in [0.15, 0.2) is 48.5 Å². The Kier molecular flexibility index (Phi) is 8.10. The van der Waals surface area contributed by atoms with Crippen LogP contribution >= 0.6 is 0 Å². The number of carbonyl (C=O) groups excluding carboxylic acids is 2. The van der Waals surface area contributed by atoms with E-state index in [4.69, 9.17) is 10.5 Å². The van der Waals surface area contributed by atoms with Gasteiger partial charge in [0, 0.05) is 12.1 Å². The summed E-state index contributed by atoms with van der Waals surface area (Å²) < 4.78 is 4.90. The third kappa shape index (κ3) is 7.24. The molecule has 5 heteroatoms. The highest BCUT2D eigenvalue weighted by Crippen LogP contribution is 2.09. The van der Waals surface area contributed by atoms with Crippen LogP contribution in [0.1, 0.15) is 21.5 Å². The molecule has 3 N–H and O–H groups in total. The van der Waals surface area contributed by atoms with Crippen LogP contribution < -0.4 is 15.8 Å². The lowest BCUT2D eigenvalue weighted by atomic mass is 10.1. The second kappa shape index (κ2) is 10.1. The third-order valence-corrected chi connectivity index (χ3v) is 3.05. The van der Waals surface area contributed by atoms with Crippen LogP contribution in [-0.2, 0) is 11.3 Å². The quantitative estimate of drug-likeness (QED) is 0.828. The number of aryl methyl sites for hydroxylation is 1. The molecule has 0 atom stereocenters. The molecule has 0 unspecified atom stereocenters. The molecule has 0 saturated heterocycles. The monoisotopic (exact) mass is 314 g/mol. The average molecular weight is 314 g/mol. The van der Waals surface area contributed by atoms with Crippen molar-refractivity contribution in [3.63, 3.8) is 0 Å². The number of benzene rings is 2. The fourth-order valence-electron chi connectivity index (χ4n) is 1.66. The highest BCUT2D eigenvalue weighted by Gasteiger charge is 1.96. The minimum atomic E-state index is -0.124. The minimum Gasteiger partial charge on any atom is -0.497 e. The summed E-state index contributed by atoms with van der Waals surface area (Å²) in [5.41, 5.74) is 8.12. The van der Waals surface area contributed by atoms with Crippen molar-refractivity contribution in [2.24, 2.45) is 5.73 Å². The topological polar surface area (TPSA) is 81.4 Å². The summed E-state index contributed by atoms with van der Waals surface area (Å²) >= 11 is 0. The number of carbonyl (C=O) groups is 2. The molecule has 0 aliphatic rings. The Hall–Kier alpha value is -2.66. The summed E-state index contributed by atoms with van der Waals surface area (Å²) in [4.78, 5) is 21.0. The minimum absolute atomic E-state index is 0.0475. The van der Waals surface area contributed by atoms with E-state index in [9.17, 15) is 9.59 Å². The van der Waals surface area contributed by atoms with Crippen molar-refractivity contribution in [1.29, 1.82) is 0 Å². The van der Waals surface area contributed by atoms with Crippen LogP contribution in [0, 0.1) is 6.92 Å². The van der Waals surface area contributed by atoms with Crippen LogP contribution in [0.4, 0.5) is 0 Å². The number of hydrogen-bond acceptors (Lipinski definition) is 4. The largest absolute Gasteiger partial charge is 0.497 e. The Morgan fingerprint density at radius 1 is 1.13 bits per heavy atom. The first-order chi connectivity index (χ1) is 11.1. The number of ether oxygens (including phenoxy) is 1. The molecule has 122 valence electrons. The van der Waals surface area contributed by atoms with E-state index in [1.807, 2.05) is 31.2 Å². The van der Waals surface area contributed by atoms with Gasteiger partial charge in [-0.15, -0.1) is 0 Å². The lowest BCUT2D eigenvalue weighted by Gasteiger charge is -2.03. The van der Waals surface area contributed by atoms with Gasteiger partial charge in [-0.05, 0) is 36.8 Å². The molecule has 0 aliphatic heterocycles. The zero-order valence-corrected chi connectivity index (χ0v) is 13.4. The molecule has 2 aromatic rings. The number of nitrogens with one attached hydrogen (secondary N) is 1. The smallest absolute Gasteiger partial charge is 0.234 e. The van der Waals surface area contributed by atoms with Crippen molar-refractivity contribution in [2.75, 3.05) is 13.7 Å². The predicted octanol–water partition coefficient (Wildman–Crippen LogP) is 2.08. The molecule has 0 bridgehead atoms. The summed E-state index contributed by atoms with van der Waals surface area (Å²) in [6, 6.07) is 15.0. The van der Waals surface area contributed by atoms with Crippen LogP contribution in [0.5, 0.6) is 5.75 Å². The second-order valence-corrected chi connectivity index (χ2v) is 4.86. The predicted molar refractivity (Wildman–Crippen MR) is 90.5 cm³/mol. The number of aldehydes is 1. The van der Waals surface area contributed by atoms with Gasteiger partial charge in [0.2, 0.25) is 5.91 Å². The number of hydrogen-bond donors (Lipinski definition) is 2. The van der Waals surface area contributed by atoms with E-state index in [0.717, 1.165) is 17.6 Å². The molecule has 1 amide bonds. The number of amides is 1. The molecule has 0 fully saturated rings. The molecule has 2 rings (SSSR count). The first-order valence-electron chi connectivity index (χ1n) is 7.20. The van der Waals surface area contributed by atoms with Gasteiger partial charge < -0.3 is 15.8 Å². The van der Waals surface area contributed by atoms with Gasteiger partial charge in [-0.3, -0.25) is 9.59 Å². The normalized spacial score (nSPS) is 9.35. The lowest BCUT2D eigenvalue weighted by molar-refractivity contribution is -0.119. The van der Waals surface area contributed by atoms with Crippen molar-refractivity contribution < 1.29 is 14.3 Å². The summed E-state index contributed by atoms with van der Waals surface area (Å²) in [7, 11) is 1.59. The van der Waals surface area contributed by atoms with Gasteiger partial charge in [0.05, 0.1) is 13.7 Å². The maximum atomic E-state index is 10.8. The number of methoxy groups -OCH3 is 1. The first-order valence-corrected chi connectivity index (χ1v) is 7.20. The summed E-state index contributed by atoms with van der Waals surface area (Å²) in [5, 5.41) is 2.70. The molecule has 5 nitrogen and oxygen atoms in total. The maximum absolute atomic E-state index is 10.8.